The monoisotopic (exact) mass is 684 g/mol. The van der Waals surface area contributed by atoms with Crippen LogP contribution >= 0.6 is 0 Å². The number of hydrogen-bond acceptors (Lipinski definition) is 6. The van der Waals surface area contributed by atoms with Crippen molar-refractivity contribution in [3.8, 4) is 0 Å². The predicted octanol–water partition coefficient (Wildman–Crippen LogP) is 4.12. The van der Waals surface area contributed by atoms with Crippen molar-refractivity contribution in [2.45, 2.75) is 67.7 Å². The van der Waals surface area contributed by atoms with Gasteiger partial charge in [-0.05, 0) is 65.4 Å². The molecule has 5 heterocycles. The number of aromatic nitrogens is 3. The molecule has 3 aromatic rings. The summed E-state index contributed by atoms with van der Waals surface area (Å²) in [5.74, 6) is -3.28. The second-order valence-corrected chi connectivity index (χ2v) is 13.2. The zero-order valence-electron chi connectivity index (χ0n) is 29.9. The minimum absolute atomic E-state index is 0. The van der Waals surface area contributed by atoms with Crippen molar-refractivity contribution < 1.29 is 28.7 Å². The predicted molar refractivity (Wildman–Crippen MR) is 191 cm³/mol. The van der Waals surface area contributed by atoms with Crippen molar-refractivity contribution in [3.63, 3.8) is 0 Å². The Kier molecular flexibility index (Phi) is 10.7. The smallest absolute Gasteiger partial charge is 0.664 e. The summed E-state index contributed by atoms with van der Waals surface area (Å²) in [6.07, 6.45) is 9.39. The molecule has 2 aliphatic heterocycles. The van der Waals surface area contributed by atoms with Crippen LogP contribution < -0.4 is 25.7 Å². The van der Waals surface area contributed by atoms with Crippen molar-refractivity contribution in [2.24, 2.45) is 17.8 Å². The van der Waals surface area contributed by atoms with Gasteiger partial charge in [-0.1, -0.05) is 65.5 Å². The van der Waals surface area contributed by atoms with E-state index in [1.165, 1.54) is 7.11 Å². The van der Waals surface area contributed by atoms with Gasteiger partial charge >= 0.3 is 35.0 Å². The number of methoxy groups -OCH3 is 1. The van der Waals surface area contributed by atoms with Crippen molar-refractivity contribution in [3.05, 3.63) is 95.2 Å². The normalized spacial score (nSPS) is 22.6. The Hall–Kier alpha value is -4.35. The molecule has 0 aromatic carbocycles. The number of rotatable bonds is 8. The minimum atomic E-state index is -1.25. The van der Waals surface area contributed by atoms with Crippen LogP contribution in [0.1, 0.15) is 106 Å². The number of fused-ring (bicyclic) bond motifs is 7. The van der Waals surface area contributed by atoms with Crippen LogP contribution in [0.4, 0.5) is 0 Å². The summed E-state index contributed by atoms with van der Waals surface area (Å²) in [6.45, 7) is 13.8. The van der Waals surface area contributed by atoms with Gasteiger partial charge in [-0.2, -0.15) is 11.4 Å². The molecule has 3 aromatic heterocycles. The van der Waals surface area contributed by atoms with Crippen LogP contribution in [0.25, 0.3) is 29.1 Å². The van der Waals surface area contributed by atoms with Gasteiger partial charge in [0.25, 0.3) is 0 Å². The van der Waals surface area contributed by atoms with E-state index in [4.69, 9.17) is 29.7 Å². The minimum Gasteiger partial charge on any atom is -0.664 e. The average molecular weight is 685 g/mol. The van der Waals surface area contributed by atoms with Crippen molar-refractivity contribution in [1.29, 1.82) is 0 Å². The third kappa shape index (κ3) is 6.26. The molecule has 0 amide bonds. The van der Waals surface area contributed by atoms with Gasteiger partial charge in [0.2, 0.25) is 0 Å². The molecule has 11 heteroatoms. The van der Waals surface area contributed by atoms with Crippen LogP contribution in [0, 0.1) is 38.5 Å². The number of Topliss-reactive ketones (excluding diaryl/α,β-unsaturated/α-hetero) is 1. The number of hydrogen-bond donors (Lipinski definition) is 0. The Bertz CT molecular complexity index is 2130. The third-order valence-corrected chi connectivity index (χ3v) is 10.1. The Labute approximate surface area is 307 Å². The summed E-state index contributed by atoms with van der Waals surface area (Å²) < 4.78 is 10.6. The molecule has 1 fully saturated rings. The van der Waals surface area contributed by atoms with Gasteiger partial charge in [0, 0.05) is 17.5 Å². The van der Waals surface area contributed by atoms with Crippen molar-refractivity contribution in [1.82, 2.24) is 15.0 Å². The summed E-state index contributed by atoms with van der Waals surface area (Å²) >= 11 is 0. The fraction of sp³-hybridized carbons (Fsp3) is 0.385. The van der Waals surface area contributed by atoms with E-state index in [1.54, 1.807) is 0 Å². The molecule has 10 nitrogen and oxygen atoms in total. The maximum Gasteiger partial charge on any atom is 2.00 e. The Morgan fingerprint density at radius 1 is 0.940 bits per heavy atom. The Morgan fingerprint density at radius 3 is 2.30 bits per heavy atom. The quantitative estimate of drug-likeness (QED) is 0.113. The first-order valence-electron chi connectivity index (χ1n) is 16.6. The number of allylic oxidation sites excluding steroid dienone is 3. The zero-order valence-corrected chi connectivity index (χ0v) is 31.3. The molecule has 0 N–H and O–H groups in total. The standard InChI is InChI=1S/C39H42N4O6.Mg/c1-9-23-19(4)27-15-31-25(17-44)21(6)26(41-31)14-28-20(5)24(10-11-32(45)49-13-12-18(2)3)36(42-28)34-35(39(47)48-8)38(46)33-22(7)29(43-37(33)34)16-30(23)40-27;/h12,14-17,20,24,35H,9-11,13H2,1-8H3,(H2-2,40,41,42,43,44,46);/q-2;+2/p-2/b28-14-;/t20-,24-,35+;/m0./s1. The van der Waals surface area contributed by atoms with E-state index in [9.17, 15) is 19.2 Å². The largest absolute Gasteiger partial charge is 2.00 e. The first-order valence-corrected chi connectivity index (χ1v) is 16.6. The van der Waals surface area contributed by atoms with Gasteiger partial charge < -0.3 is 29.7 Å². The average Bonchev–Trinajstić information content (AvgIpc) is 3.80. The molecule has 0 saturated carbocycles. The number of ketones is 1. The topological polar surface area (TPSA) is 143 Å². The second-order valence-electron chi connectivity index (χ2n) is 13.2. The van der Waals surface area contributed by atoms with E-state index in [1.807, 2.05) is 65.8 Å². The van der Waals surface area contributed by atoms with Crippen LogP contribution in [0.2, 0.25) is 0 Å². The first kappa shape index (κ1) is 36.9. The summed E-state index contributed by atoms with van der Waals surface area (Å²) in [5, 5.41) is 6.51. The van der Waals surface area contributed by atoms with Gasteiger partial charge in [0.15, 0.2) is 5.78 Å². The van der Waals surface area contributed by atoms with Crippen molar-refractivity contribution >= 4 is 70.9 Å². The van der Waals surface area contributed by atoms with E-state index in [0.717, 1.165) is 23.0 Å². The van der Waals surface area contributed by atoms with Crippen LogP contribution in [0.3, 0.4) is 0 Å². The van der Waals surface area contributed by atoms with E-state index in [0.29, 0.717) is 85.5 Å². The van der Waals surface area contributed by atoms with Crippen LogP contribution in [0.15, 0.2) is 23.0 Å². The van der Waals surface area contributed by atoms with Crippen LogP contribution in [-0.2, 0) is 25.5 Å². The Morgan fingerprint density at radius 2 is 1.64 bits per heavy atom. The zero-order chi connectivity index (χ0) is 35.3. The molecule has 50 heavy (non-hydrogen) atoms. The molecular weight excluding hydrogens is 645 g/mol. The fourth-order valence-corrected chi connectivity index (χ4v) is 7.19. The van der Waals surface area contributed by atoms with Crippen LogP contribution in [0.5, 0.6) is 0 Å². The number of nitrogens with zero attached hydrogens (tertiary/aromatic N) is 4. The molecule has 6 rings (SSSR count). The molecule has 1 aliphatic carbocycles. The second kappa shape index (κ2) is 14.5. The summed E-state index contributed by atoms with van der Waals surface area (Å²) in [5.41, 5.74) is 8.87. The third-order valence-electron chi connectivity index (χ3n) is 10.1. The number of ether oxygens (including phenoxy) is 2. The molecule has 1 saturated heterocycles. The summed E-state index contributed by atoms with van der Waals surface area (Å²) in [4.78, 5) is 67.5. The van der Waals surface area contributed by atoms with Gasteiger partial charge in [0.05, 0.1) is 7.11 Å². The SMILES string of the molecule is CCc1c(C)/c2[n-]/c1=C\c1[n-]c3c(c1C)C(=O)[C@H](C(=O)OC)/C3=C1/[N-]/C(=C\c3[n-]c(c(C=O)c3C)\C=2)[C@@H](C)[C@@H]1CCC(=O)OCC=C(C)C.[Mg+2]. The maximum atomic E-state index is 14.1. The number of carbonyl (C=O) groups is 4. The van der Waals surface area contributed by atoms with E-state index in [-0.39, 0.29) is 59.7 Å². The molecular formula is C39H40MgN4O6-2. The summed E-state index contributed by atoms with van der Waals surface area (Å²) in [6, 6.07) is 0. The molecule has 3 aliphatic rings. The molecule has 3 atom stereocenters. The molecule has 0 unspecified atom stereocenters. The van der Waals surface area contributed by atoms with Gasteiger partial charge in [-0.3, -0.25) is 19.2 Å². The van der Waals surface area contributed by atoms with Crippen molar-refractivity contribution in [2.75, 3.05) is 13.7 Å². The number of aldehydes is 1. The molecule has 256 valence electrons. The van der Waals surface area contributed by atoms with E-state index >= 15 is 0 Å². The van der Waals surface area contributed by atoms with Gasteiger partial charge in [-0.25, -0.2) is 0 Å². The van der Waals surface area contributed by atoms with Gasteiger partial charge in [-0.15, -0.1) is 33.5 Å². The van der Waals surface area contributed by atoms with E-state index < -0.39 is 11.9 Å². The Balaban J connectivity index is 0.00000486. The van der Waals surface area contributed by atoms with Gasteiger partial charge in [0.1, 0.15) is 18.8 Å². The molecule has 8 bridgehead atoms. The number of esters is 2. The fourth-order valence-electron chi connectivity index (χ4n) is 7.19. The maximum absolute atomic E-state index is 14.1. The molecule has 0 radical (unpaired) electrons. The van der Waals surface area contributed by atoms with Crippen LogP contribution in [-0.4, -0.2) is 60.8 Å². The summed E-state index contributed by atoms with van der Waals surface area (Å²) in [7, 11) is 1.26. The first-order chi connectivity index (χ1) is 23.4. The van der Waals surface area contributed by atoms with E-state index in [2.05, 4.69) is 6.92 Å². The number of carbonyl (C=O) groups excluding carboxylic acids is 4. The molecule has 0 spiro atoms.